The van der Waals surface area contributed by atoms with Gasteiger partial charge in [-0.3, -0.25) is 9.59 Å². The molecule has 0 spiro atoms. The van der Waals surface area contributed by atoms with Gasteiger partial charge in [-0.15, -0.1) is 0 Å². The molecule has 0 bridgehead atoms. The Labute approximate surface area is 94.1 Å². The number of Topliss-reactive ketones (excluding diaryl/α,β-unsaturated/α-hetero) is 1. The van der Waals surface area contributed by atoms with Crippen LogP contribution in [0.5, 0.6) is 0 Å². The molecule has 0 aliphatic carbocycles. The van der Waals surface area contributed by atoms with Crippen molar-refractivity contribution >= 4 is 11.8 Å². The first-order chi connectivity index (χ1) is 7.50. The smallest absolute Gasteiger partial charge is 0.315 e. The van der Waals surface area contributed by atoms with E-state index in [1.807, 2.05) is 13.0 Å². The van der Waals surface area contributed by atoms with Crippen molar-refractivity contribution in [3.05, 3.63) is 34.9 Å². The van der Waals surface area contributed by atoms with E-state index in [1.54, 1.807) is 12.1 Å². The number of hydrogen-bond donors (Lipinski definition) is 1. The monoisotopic (exact) mass is 216 g/mol. The third-order valence-corrected chi connectivity index (χ3v) is 2.11. The molecule has 0 saturated heterocycles. The minimum atomic E-state index is -0.951. The van der Waals surface area contributed by atoms with Crippen LogP contribution in [0, 0.1) is 18.8 Å². The molecule has 0 amide bonds. The fraction of sp³-hybridized carbons (Fsp3) is 0.231. The van der Waals surface area contributed by atoms with E-state index in [9.17, 15) is 9.59 Å². The van der Waals surface area contributed by atoms with E-state index in [0.29, 0.717) is 11.1 Å². The van der Waals surface area contributed by atoms with Crippen LogP contribution in [0.3, 0.4) is 0 Å². The maximum atomic E-state index is 11.1. The van der Waals surface area contributed by atoms with Crippen LogP contribution in [-0.2, 0) is 4.79 Å². The summed E-state index contributed by atoms with van der Waals surface area (Å²) in [4.78, 5) is 21.4. The highest BCUT2D eigenvalue weighted by Crippen LogP contribution is 2.10. The highest BCUT2D eigenvalue weighted by Gasteiger charge is 2.01. The highest BCUT2D eigenvalue weighted by atomic mass is 16.4. The number of rotatable bonds is 2. The molecule has 1 N–H and O–H groups in total. The number of hydrogen-bond acceptors (Lipinski definition) is 2. The Bertz CT molecular complexity index is 490. The zero-order valence-corrected chi connectivity index (χ0v) is 9.20. The number of carboxylic acids is 1. The Hall–Kier alpha value is -2.08. The minimum absolute atomic E-state index is 0.0266. The Morgan fingerprint density at radius 3 is 2.62 bits per heavy atom. The summed E-state index contributed by atoms with van der Waals surface area (Å²) >= 11 is 0. The van der Waals surface area contributed by atoms with Crippen LogP contribution in [0.2, 0.25) is 0 Å². The minimum Gasteiger partial charge on any atom is -0.481 e. The lowest BCUT2D eigenvalue weighted by atomic mass is 10.0. The summed E-state index contributed by atoms with van der Waals surface area (Å²) in [5, 5.41) is 8.45. The number of benzene rings is 1. The summed E-state index contributed by atoms with van der Waals surface area (Å²) in [7, 11) is 0. The molecule has 0 aromatic heterocycles. The molecule has 16 heavy (non-hydrogen) atoms. The van der Waals surface area contributed by atoms with Gasteiger partial charge in [0.2, 0.25) is 0 Å². The van der Waals surface area contributed by atoms with Gasteiger partial charge in [-0.2, -0.15) is 0 Å². The van der Waals surface area contributed by atoms with Gasteiger partial charge in [-0.1, -0.05) is 24.0 Å². The summed E-state index contributed by atoms with van der Waals surface area (Å²) < 4.78 is 0. The molecule has 0 radical (unpaired) electrons. The van der Waals surface area contributed by atoms with Crippen molar-refractivity contribution in [1.82, 2.24) is 0 Å². The molecule has 1 aromatic carbocycles. The lowest BCUT2D eigenvalue weighted by Crippen LogP contribution is -1.94. The number of aryl methyl sites for hydroxylation is 1. The number of carbonyl (C=O) groups is 2. The van der Waals surface area contributed by atoms with Gasteiger partial charge in [-0.05, 0) is 25.5 Å². The fourth-order valence-corrected chi connectivity index (χ4v) is 1.19. The zero-order valence-electron chi connectivity index (χ0n) is 9.20. The number of aliphatic carboxylic acids is 1. The molecular weight excluding hydrogens is 204 g/mol. The molecule has 0 atom stereocenters. The molecule has 0 aliphatic heterocycles. The molecular formula is C13H12O3. The quantitative estimate of drug-likeness (QED) is 0.607. The molecule has 0 saturated carbocycles. The van der Waals surface area contributed by atoms with Gasteiger partial charge in [0.05, 0.1) is 0 Å². The third kappa shape index (κ3) is 3.25. The standard InChI is InChI=1S/C13H12O3/c1-9-6-7-12(10(2)14)8-11(9)4-3-5-13(15)16/h6-8H,5H2,1-2H3,(H,15,16). The summed E-state index contributed by atoms with van der Waals surface area (Å²) in [5.41, 5.74) is 2.22. The normalized spacial score (nSPS) is 9.12. The number of carbonyl (C=O) groups excluding carboxylic acids is 1. The third-order valence-electron chi connectivity index (χ3n) is 2.11. The largest absolute Gasteiger partial charge is 0.481 e. The molecule has 0 heterocycles. The van der Waals surface area contributed by atoms with Crippen molar-refractivity contribution in [2.75, 3.05) is 0 Å². The Morgan fingerprint density at radius 2 is 2.06 bits per heavy atom. The van der Waals surface area contributed by atoms with Crippen LogP contribution in [0.4, 0.5) is 0 Å². The zero-order chi connectivity index (χ0) is 12.1. The van der Waals surface area contributed by atoms with E-state index in [0.717, 1.165) is 5.56 Å². The second kappa shape index (κ2) is 5.13. The van der Waals surface area contributed by atoms with E-state index >= 15 is 0 Å². The van der Waals surface area contributed by atoms with Crippen LogP contribution in [0.25, 0.3) is 0 Å². The maximum absolute atomic E-state index is 11.1. The highest BCUT2D eigenvalue weighted by molar-refractivity contribution is 5.94. The van der Waals surface area contributed by atoms with Crippen molar-refractivity contribution < 1.29 is 14.7 Å². The van der Waals surface area contributed by atoms with Gasteiger partial charge in [0.1, 0.15) is 6.42 Å². The first-order valence-corrected chi connectivity index (χ1v) is 4.83. The van der Waals surface area contributed by atoms with Crippen LogP contribution in [-0.4, -0.2) is 16.9 Å². The molecule has 0 aliphatic rings. The summed E-state index contributed by atoms with van der Waals surface area (Å²) in [5.74, 6) is 4.33. The fourth-order valence-electron chi connectivity index (χ4n) is 1.19. The number of ketones is 1. The predicted octanol–water partition coefficient (Wildman–Crippen LogP) is 2.02. The molecule has 1 rings (SSSR count). The van der Waals surface area contributed by atoms with Crippen LogP contribution in [0.15, 0.2) is 18.2 Å². The first kappa shape index (κ1) is 12.0. The van der Waals surface area contributed by atoms with E-state index in [2.05, 4.69) is 11.8 Å². The summed E-state index contributed by atoms with van der Waals surface area (Å²) in [6.07, 6.45) is -0.191. The SMILES string of the molecule is CC(=O)c1ccc(C)c(C#CCC(=O)O)c1. The van der Waals surface area contributed by atoms with Crippen molar-refractivity contribution in [2.24, 2.45) is 0 Å². The average Bonchev–Trinajstić information content (AvgIpc) is 2.20. The number of carboxylic acid groups (broad SMARTS) is 1. The van der Waals surface area contributed by atoms with Gasteiger partial charge in [0.15, 0.2) is 5.78 Å². The molecule has 0 unspecified atom stereocenters. The Morgan fingerprint density at radius 1 is 1.38 bits per heavy atom. The van der Waals surface area contributed by atoms with Crippen molar-refractivity contribution in [1.29, 1.82) is 0 Å². The summed E-state index contributed by atoms with van der Waals surface area (Å²) in [6.45, 7) is 3.35. The van der Waals surface area contributed by atoms with E-state index in [-0.39, 0.29) is 12.2 Å². The molecule has 82 valence electrons. The van der Waals surface area contributed by atoms with Crippen molar-refractivity contribution in [2.45, 2.75) is 20.3 Å². The van der Waals surface area contributed by atoms with Crippen molar-refractivity contribution in [3.8, 4) is 11.8 Å². The predicted molar refractivity (Wildman–Crippen MR) is 60.3 cm³/mol. The average molecular weight is 216 g/mol. The molecule has 1 aromatic rings. The van der Waals surface area contributed by atoms with E-state index in [1.165, 1.54) is 6.92 Å². The lowest BCUT2D eigenvalue weighted by molar-refractivity contribution is -0.135. The van der Waals surface area contributed by atoms with Gasteiger partial charge in [-0.25, -0.2) is 0 Å². The van der Waals surface area contributed by atoms with E-state index in [4.69, 9.17) is 5.11 Å². The van der Waals surface area contributed by atoms with E-state index < -0.39 is 5.97 Å². The maximum Gasteiger partial charge on any atom is 0.315 e. The van der Waals surface area contributed by atoms with Gasteiger partial charge < -0.3 is 5.11 Å². The topological polar surface area (TPSA) is 54.4 Å². The molecule has 3 nitrogen and oxygen atoms in total. The molecule has 3 heteroatoms. The second-order valence-electron chi connectivity index (χ2n) is 3.46. The van der Waals surface area contributed by atoms with Gasteiger partial charge >= 0.3 is 5.97 Å². The lowest BCUT2D eigenvalue weighted by Gasteiger charge is -2.00. The van der Waals surface area contributed by atoms with Crippen LogP contribution < -0.4 is 0 Å². The Kier molecular flexibility index (Phi) is 3.84. The second-order valence-corrected chi connectivity index (χ2v) is 3.46. The van der Waals surface area contributed by atoms with Crippen molar-refractivity contribution in [3.63, 3.8) is 0 Å². The van der Waals surface area contributed by atoms with Gasteiger partial charge in [0, 0.05) is 11.1 Å². The Balaban J connectivity index is 3.01. The van der Waals surface area contributed by atoms with Gasteiger partial charge in [0.25, 0.3) is 0 Å². The van der Waals surface area contributed by atoms with Crippen LogP contribution >= 0.6 is 0 Å². The first-order valence-electron chi connectivity index (χ1n) is 4.83. The van der Waals surface area contributed by atoms with Crippen LogP contribution in [0.1, 0.15) is 34.8 Å². The molecule has 0 fully saturated rings. The summed E-state index contributed by atoms with van der Waals surface area (Å²) in [6, 6.07) is 5.23.